The first-order valence-corrected chi connectivity index (χ1v) is 7.05. The molecule has 23 heavy (non-hydrogen) atoms. The van der Waals surface area contributed by atoms with Gasteiger partial charge in [0, 0.05) is 0 Å². The van der Waals surface area contributed by atoms with Crippen LogP contribution >= 0.6 is 0 Å². The third kappa shape index (κ3) is 3.23. The molecule has 2 heterocycles. The second kappa shape index (κ2) is 7.21. The predicted octanol–water partition coefficient (Wildman–Crippen LogP) is -5.40. The second-order valence-corrected chi connectivity index (χ2v) is 5.56. The largest absolute Gasteiger partial charge is 0.394 e. The summed E-state index contributed by atoms with van der Waals surface area (Å²) in [5.74, 6) is -2.22. The van der Waals surface area contributed by atoms with E-state index in [2.05, 4.69) is 0 Å². The predicted molar refractivity (Wildman–Crippen MR) is 68.6 cm³/mol. The lowest BCUT2D eigenvalue weighted by atomic mass is 9.99. The number of aliphatic hydroxyl groups is 8. The van der Waals surface area contributed by atoms with Crippen molar-refractivity contribution in [3.8, 4) is 0 Å². The molecule has 0 aromatic rings. The van der Waals surface area contributed by atoms with Crippen LogP contribution < -0.4 is 0 Å². The molecule has 0 saturated carbocycles. The smallest absolute Gasteiger partial charge is 0.224 e. The molecule has 2 fully saturated rings. The Balaban J connectivity index is 2.18. The molecule has 11 heteroatoms. The van der Waals surface area contributed by atoms with E-state index in [1.54, 1.807) is 0 Å². The molecule has 0 aromatic heterocycles. The Kier molecular flexibility index (Phi) is 5.92. The summed E-state index contributed by atoms with van der Waals surface area (Å²) in [5, 5.41) is 76.7. The molecule has 0 radical (unpaired) electrons. The molecule has 11 nitrogen and oxygen atoms in total. The van der Waals surface area contributed by atoms with Crippen molar-refractivity contribution in [3.05, 3.63) is 0 Å². The van der Waals surface area contributed by atoms with E-state index in [0.717, 1.165) is 0 Å². The summed E-state index contributed by atoms with van der Waals surface area (Å²) in [4.78, 5) is 0. The maximum Gasteiger partial charge on any atom is 0.224 e. The Bertz CT molecular complexity index is 393. The molecule has 2 aliphatic heterocycles. The van der Waals surface area contributed by atoms with Gasteiger partial charge in [-0.25, -0.2) is 0 Å². The van der Waals surface area contributed by atoms with Crippen LogP contribution in [-0.4, -0.2) is 115 Å². The van der Waals surface area contributed by atoms with Gasteiger partial charge < -0.3 is 55.1 Å². The number of hydrogen-bond acceptors (Lipinski definition) is 11. The summed E-state index contributed by atoms with van der Waals surface area (Å²) < 4.78 is 15.4. The van der Waals surface area contributed by atoms with Crippen LogP contribution in [0.25, 0.3) is 0 Å². The summed E-state index contributed by atoms with van der Waals surface area (Å²) in [6.07, 6.45) is -12.7. The van der Waals surface area contributed by atoms with E-state index < -0.39 is 74.6 Å². The molecule has 0 bridgehead atoms. The van der Waals surface area contributed by atoms with Crippen LogP contribution in [-0.2, 0) is 14.2 Å². The fourth-order valence-electron chi connectivity index (χ4n) is 2.63. The standard InChI is InChI=1S/C12H22O11/c13-1-4-6(16)8(18)9(19)11(21-4)23-12(3-15)10(20)7(17)5(2-14)22-12/h4-11,13-20H,1-3H2/t4-,5+,6-,7+,8+,9-,10-,11+,12-/m0/s1. The van der Waals surface area contributed by atoms with Crippen LogP contribution in [0.4, 0.5) is 0 Å². The molecule has 2 aliphatic rings. The van der Waals surface area contributed by atoms with Crippen molar-refractivity contribution in [2.45, 2.75) is 54.8 Å². The van der Waals surface area contributed by atoms with Gasteiger partial charge in [-0.3, -0.25) is 0 Å². The van der Waals surface area contributed by atoms with Crippen molar-refractivity contribution >= 4 is 0 Å². The normalized spacial score (nSPS) is 51.1. The molecule has 0 aromatic carbocycles. The van der Waals surface area contributed by atoms with Gasteiger partial charge in [0.25, 0.3) is 0 Å². The summed E-state index contributed by atoms with van der Waals surface area (Å²) in [5.41, 5.74) is 0. The zero-order valence-corrected chi connectivity index (χ0v) is 12.0. The fourth-order valence-corrected chi connectivity index (χ4v) is 2.63. The first kappa shape index (κ1) is 18.9. The van der Waals surface area contributed by atoms with Gasteiger partial charge in [0.05, 0.1) is 13.2 Å². The maximum atomic E-state index is 10.00. The molecule has 9 atom stereocenters. The molecule has 0 unspecified atom stereocenters. The minimum Gasteiger partial charge on any atom is -0.394 e. The van der Waals surface area contributed by atoms with Crippen molar-refractivity contribution in [2.75, 3.05) is 19.8 Å². The first-order chi connectivity index (χ1) is 10.8. The average molecular weight is 342 g/mol. The van der Waals surface area contributed by atoms with Gasteiger partial charge in [0.15, 0.2) is 6.29 Å². The van der Waals surface area contributed by atoms with Crippen molar-refractivity contribution in [1.82, 2.24) is 0 Å². The Morgan fingerprint density at radius 3 is 1.87 bits per heavy atom. The van der Waals surface area contributed by atoms with E-state index in [-0.39, 0.29) is 0 Å². The Hall–Kier alpha value is -0.440. The molecule has 0 spiro atoms. The molecule has 0 aliphatic carbocycles. The van der Waals surface area contributed by atoms with E-state index in [4.69, 9.17) is 24.4 Å². The number of rotatable bonds is 5. The van der Waals surface area contributed by atoms with Crippen LogP contribution in [0.15, 0.2) is 0 Å². The SMILES string of the molecule is OC[C@@H]1O[C@H](O[C@]2(CO)O[C@H](CO)[C@@H](O)[C@@H]2O)[C@@H](O)[C@H](O)[C@H]1O. The number of hydrogen-bond donors (Lipinski definition) is 8. The summed E-state index contributed by atoms with van der Waals surface area (Å²) in [6, 6.07) is 0. The van der Waals surface area contributed by atoms with Crippen molar-refractivity contribution < 1.29 is 55.1 Å². The fraction of sp³-hybridized carbons (Fsp3) is 1.00. The summed E-state index contributed by atoms with van der Waals surface area (Å²) in [6.45, 7) is -2.32. The lowest BCUT2D eigenvalue weighted by molar-refractivity contribution is -0.383. The maximum absolute atomic E-state index is 10.00. The minimum absolute atomic E-state index is 0.669. The highest BCUT2D eigenvalue weighted by Crippen LogP contribution is 2.35. The lowest BCUT2D eigenvalue weighted by Gasteiger charge is -2.43. The monoisotopic (exact) mass is 342 g/mol. The second-order valence-electron chi connectivity index (χ2n) is 5.56. The van der Waals surface area contributed by atoms with Crippen molar-refractivity contribution in [3.63, 3.8) is 0 Å². The highest BCUT2D eigenvalue weighted by molar-refractivity contribution is 4.98. The number of aliphatic hydroxyl groups excluding tert-OH is 8. The van der Waals surface area contributed by atoms with Gasteiger partial charge in [-0.15, -0.1) is 0 Å². The quantitative estimate of drug-likeness (QED) is 0.238. The molecular formula is C12H22O11. The van der Waals surface area contributed by atoms with Gasteiger partial charge in [-0.05, 0) is 0 Å². The van der Waals surface area contributed by atoms with E-state index in [9.17, 15) is 30.6 Å². The van der Waals surface area contributed by atoms with E-state index in [1.165, 1.54) is 0 Å². The highest BCUT2D eigenvalue weighted by atomic mass is 16.8. The summed E-state index contributed by atoms with van der Waals surface area (Å²) >= 11 is 0. The Morgan fingerprint density at radius 2 is 1.39 bits per heavy atom. The van der Waals surface area contributed by atoms with Crippen LogP contribution in [0.1, 0.15) is 0 Å². The first-order valence-electron chi connectivity index (χ1n) is 7.05. The highest BCUT2D eigenvalue weighted by Gasteiger charge is 2.58. The molecule has 8 N–H and O–H groups in total. The van der Waals surface area contributed by atoms with E-state index in [0.29, 0.717) is 0 Å². The van der Waals surface area contributed by atoms with Gasteiger partial charge >= 0.3 is 0 Å². The summed E-state index contributed by atoms with van der Waals surface area (Å²) in [7, 11) is 0. The molecule has 2 saturated heterocycles. The zero-order valence-electron chi connectivity index (χ0n) is 12.0. The third-order valence-corrected chi connectivity index (χ3v) is 4.07. The third-order valence-electron chi connectivity index (χ3n) is 4.07. The van der Waals surface area contributed by atoms with Gasteiger partial charge in [-0.2, -0.15) is 0 Å². The molecule has 136 valence electrons. The lowest BCUT2D eigenvalue weighted by Crippen LogP contribution is -2.62. The average Bonchev–Trinajstić information content (AvgIpc) is 2.80. The van der Waals surface area contributed by atoms with Gasteiger partial charge in [0.2, 0.25) is 5.79 Å². The zero-order chi connectivity index (χ0) is 17.4. The van der Waals surface area contributed by atoms with Crippen molar-refractivity contribution in [1.29, 1.82) is 0 Å². The molecule has 2 rings (SSSR count). The van der Waals surface area contributed by atoms with Crippen LogP contribution in [0.3, 0.4) is 0 Å². The van der Waals surface area contributed by atoms with Gasteiger partial charge in [0.1, 0.15) is 49.3 Å². The van der Waals surface area contributed by atoms with E-state index >= 15 is 0 Å². The minimum atomic E-state index is -2.22. The molecule has 0 amide bonds. The van der Waals surface area contributed by atoms with Crippen LogP contribution in [0, 0.1) is 0 Å². The number of ether oxygens (including phenoxy) is 3. The van der Waals surface area contributed by atoms with Gasteiger partial charge in [-0.1, -0.05) is 0 Å². The van der Waals surface area contributed by atoms with Crippen LogP contribution in [0.5, 0.6) is 0 Å². The van der Waals surface area contributed by atoms with Crippen molar-refractivity contribution in [2.24, 2.45) is 0 Å². The Labute approximate surface area is 130 Å². The van der Waals surface area contributed by atoms with Crippen LogP contribution in [0.2, 0.25) is 0 Å². The topological polar surface area (TPSA) is 190 Å². The Morgan fingerprint density at radius 1 is 0.783 bits per heavy atom. The van der Waals surface area contributed by atoms with E-state index in [1.807, 2.05) is 0 Å². The molecular weight excluding hydrogens is 320 g/mol.